The minimum Gasteiger partial charge on any atom is -0.304 e. The molecule has 18 heavy (non-hydrogen) atoms. The van der Waals surface area contributed by atoms with Crippen molar-refractivity contribution in [1.29, 1.82) is 0 Å². The first-order valence-electron chi connectivity index (χ1n) is 6.70. The van der Waals surface area contributed by atoms with Gasteiger partial charge in [0.05, 0.1) is 5.70 Å². The Morgan fingerprint density at radius 2 is 1.78 bits per heavy atom. The summed E-state index contributed by atoms with van der Waals surface area (Å²) in [7, 11) is 0. The van der Waals surface area contributed by atoms with Gasteiger partial charge in [-0.15, -0.1) is 0 Å². The van der Waals surface area contributed by atoms with Crippen molar-refractivity contribution in [3.8, 4) is 0 Å². The number of amides is 1. The first-order chi connectivity index (χ1) is 8.86. The third kappa shape index (κ3) is 1.20. The third-order valence-corrected chi connectivity index (χ3v) is 4.24. The fraction of sp³-hybridized carbons (Fsp3) is 0.312. The molecular weight excluding hydrogens is 222 g/mol. The minimum absolute atomic E-state index is 0.175. The van der Waals surface area contributed by atoms with Crippen molar-refractivity contribution in [2.45, 2.75) is 25.7 Å². The van der Waals surface area contributed by atoms with E-state index in [4.69, 9.17) is 0 Å². The lowest BCUT2D eigenvalue weighted by atomic mass is 9.85. The van der Waals surface area contributed by atoms with Crippen molar-refractivity contribution in [3.63, 3.8) is 0 Å². The Balaban J connectivity index is 1.97. The highest BCUT2D eigenvalue weighted by Crippen LogP contribution is 2.43. The molecule has 0 spiro atoms. The molecule has 1 saturated carbocycles. The average molecular weight is 237 g/mol. The van der Waals surface area contributed by atoms with Crippen molar-refractivity contribution in [2.75, 3.05) is 6.54 Å². The van der Waals surface area contributed by atoms with Gasteiger partial charge in [-0.2, -0.15) is 0 Å². The molecule has 1 amide bonds. The van der Waals surface area contributed by atoms with Gasteiger partial charge in [0.1, 0.15) is 0 Å². The van der Waals surface area contributed by atoms with Gasteiger partial charge < -0.3 is 4.90 Å². The zero-order chi connectivity index (χ0) is 12.1. The monoisotopic (exact) mass is 237 g/mol. The fourth-order valence-electron chi connectivity index (χ4n) is 3.39. The first-order valence-corrected chi connectivity index (χ1v) is 6.70. The van der Waals surface area contributed by atoms with E-state index in [0.29, 0.717) is 0 Å². The van der Waals surface area contributed by atoms with Crippen molar-refractivity contribution in [2.24, 2.45) is 0 Å². The van der Waals surface area contributed by atoms with Gasteiger partial charge in [-0.1, -0.05) is 24.3 Å². The van der Waals surface area contributed by atoms with Crippen LogP contribution in [-0.4, -0.2) is 17.4 Å². The summed E-state index contributed by atoms with van der Waals surface area (Å²) in [6, 6.07) is 8.03. The van der Waals surface area contributed by atoms with Crippen molar-refractivity contribution in [1.82, 2.24) is 4.90 Å². The Hall–Kier alpha value is -1.83. The Morgan fingerprint density at radius 1 is 1.00 bits per heavy atom. The van der Waals surface area contributed by atoms with Crippen molar-refractivity contribution >= 4 is 11.6 Å². The standard InChI is InChI=1S/C16H15NO/c18-16-14-8-4-3-7-13(14)15-12-6-2-1-5-11(12)9-10-17(15)16/h3-4,7-9H,1-2,5-6,10H2. The zero-order valence-corrected chi connectivity index (χ0v) is 10.3. The summed E-state index contributed by atoms with van der Waals surface area (Å²) in [6.07, 6.45) is 7.10. The van der Waals surface area contributed by atoms with Crippen molar-refractivity contribution in [3.05, 3.63) is 52.6 Å². The molecule has 2 heterocycles. The van der Waals surface area contributed by atoms with Gasteiger partial charge in [0.25, 0.3) is 5.91 Å². The topological polar surface area (TPSA) is 20.3 Å². The molecule has 1 fully saturated rings. The quantitative estimate of drug-likeness (QED) is 0.677. The molecule has 2 nitrogen and oxygen atoms in total. The number of carbonyl (C=O) groups is 1. The van der Waals surface area contributed by atoms with Crippen LogP contribution in [0.15, 0.2) is 41.5 Å². The van der Waals surface area contributed by atoms with E-state index in [1.54, 1.807) is 0 Å². The Kier molecular flexibility index (Phi) is 2.01. The highest BCUT2D eigenvalue weighted by Gasteiger charge is 2.36. The van der Waals surface area contributed by atoms with E-state index in [1.165, 1.54) is 36.1 Å². The number of allylic oxidation sites excluding steroid dienone is 2. The Labute approximate surface area is 107 Å². The van der Waals surface area contributed by atoms with Crippen LogP contribution >= 0.6 is 0 Å². The number of nitrogens with zero attached hydrogens (tertiary/aromatic N) is 1. The maximum absolute atomic E-state index is 12.4. The summed E-state index contributed by atoms with van der Waals surface area (Å²) in [6.45, 7) is 0.752. The molecule has 0 radical (unpaired) electrons. The lowest BCUT2D eigenvalue weighted by Crippen LogP contribution is -2.27. The predicted octanol–water partition coefficient (Wildman–Crippen LogP) is 3.37. The highest BCUT2D eigenvalue weighted by atomic mass is 16.2. The van der Waals surface area contributed by atoms with Gasteiger partial charge in [0.15, 0.2) is 0 Å². The SMILES string of the molecule is O=C1c2ccccc2C2=C3CCCCC3=CCN12. The van der Waals surface area contributed by atoms with Crippen LogP contribution in [0.4, 0.5) is 0 Å². The Bertz CT molecular complexity index is 609. The molecule has 90 valence electrons. The second-order valence-corrected chi connectivity index (χ2v) is 5.22. The molecule has 0 aromatic heterocycles. The number of hydrogen-bond acceptors (Lipinski definition) is 1. The molecule has 0 N–H and O–H groups in total. The molecule has 1 aromatic rings. The summed E-state index contributed by atoms with van der Waals surface area (Å²) in [4.78, 5) is 14.3. The van der Waals surface area contributed by atoms with E-state index < -0.39 is 0 Å². The zero-order valence-electron chi connectivity index (χ0n) is 10.3. The van der Waals surface area contributed by atoms with Crippen LogP contribution in [-0.2, 0) is 0 Å². The molecule has 0 bridgehead atoms. The van der Waals surface area contributed by atoms with Crippen LogP contribution in [0.1, 0.15) is 41.6 Å². The number of carbonyl (C=O) groups excluding carboxylic acids is 1. The van der Waals surface area contributed by atoms with E-state index in [1.807, 2.05) is 23.1 Å². The van der Waals surface area contributed by atoms with Crippen LogP contribution < -0.4 is 0 Å². The smallest absolute Gasteiger partial charge is 0.259 e. The van der Waals surface area contributed by atoms with E-state index in [-0.39, 0.29) is 5.91 Å². The first kappa shape index (κ1) is 10.1. The van der Waals surface area contributed by atoms with Crippen LogP contribution in [0.25, 0.3) is 5.70 Å². The lowest BCUT2D eigenvalue weighted by molar-refractivity contribution is 0.0859. The number of fused-ring (bicyclic) bond motifs is 4. The van der Waals surface area contributed by atoms with Crippen LogP contribution in [0, 0.1) is 0 Å². The second kappa shape index (κ2) is 3.58. The number of benzene rings is 1. The fourth-order valence-corrected chi connectivity index (χ4v) is 3.39. The normalized spacial score (nSPS) is 21.4. The van der Waals surface area contributed by atoms with Crippen LogP contribution in [0.5, 0.6) is 0 Å². The maximum atomic E-state index is 12.4. The minimum atomic E-state index is 0.175. The summed E-state index contributed by atoms with van der Waals surface area (Å²) in [5.41, 5.74) is 6.13. The maximum Gasteiger partial charge on any atom is 0.259 e. The molecule has 0 unspecified atom stereocenters. The van der Waals surface area contributed by atoms with Crippen molar-refractivity contribution < 1.29 is 4.79 Å². The second-order valence-electron chi connectivity index (χ2n) is 5.22. The summed E-state index contributed by atoms with van der Waals surface area (Å²) in [5.74, 6) is 0.175. The lowest BCUT2D eigenvalue weighted by Gasteiger charge is -2.30. The number of hydrogen-bond donors (Lipinski definition) is 0. The van der Waals surface area contributed by atoms with Gasteiger partial charge in [-0.05, 0) is 42.9 Å². The van der Waals surface area contributed by atoms with Gasteiger partial charge in [-0.25, -0.2) is 0 Å². The number of rotatable bonds is 0. The van der Waals surface area contributed by atoms with Gasteiger partial charge in [0.2, 0.25) is 0 Å². The van der Waals surface area contributed by atoms with E-state index in [9.17, 15) is 4.79 Å². The summed E-state index contributed by atoms with van der Waals surface area (Å²) >= 11 is 0. The molecular formula is C16H15NO. The molecule has 1 aliphatic carbocycles. The molecule has 2 aliphatic heterocycles. The largest absolute Gasteiger partial charge is 0.304 e. The molecule has 1 aromatic carbocycles. The van der Waals surface area contributed by atoms with Gasteiger partial charge in [-0.3, -0.25) is 4.79 Å². The molecule has 2 heteroatoms. The molecule has 0 atom stereocenters. The van der Waals surface area contributed by atoms with E-state index >= 15 is 0 Å². The summed E-state index contributed by atoms with van der Waals surface area (Å²) < 4.78 is 0. The predicted molar refractivity (Wildman–Crippen MR) is 70.9 cm³/mol. The van der Waals surface area contributed by atoms with Gasteiger partial charge >= 0.3 is 0 Å². The average Bonchev–Trinajstić information content (AvgIpc) is 2.73. The molecule has 3 aliphatic rings. The molecule has 4 rings (SSSR count). The highest BCUT2D eigenvalue weighted by molar-refractivity contribution is 6.10. The van der Waals surface area contributed by atoms with Gasteiger partial charge in [0, 0.05) is 17.7 Å². The van der Waals surface area contributed by atoms with Crippen LogP contribution in [0.2, 0.25) is 0 Å². The molecule has 0 saturated heterocycles. The van der Waals surface area contributed by atoms with Crippen LogP contribution in [0.3, 0.4) is 0 Å². The third-order valence-electron chi connectivity index (χ3n) is 4.24. The van der Waals surface area contributed by atoms with E-state index in [0.717, 1.165) is 24.1 Å². The Morgan fingerprint density at radius 3 is 2.67 bits per heavy atom. The van der Waals surface area contributed by atoms with E-state index in [2.05, 4.69) is 12.1 Å². The summed E-state index contributed by atoms with van der Waals surface area (Å²) in [5, 5.41) is 0.